The maximum Gasteiger partial charge on any atom is 0.232 e. The molecule has 0 radical (unpaired) electrons. The Balaban J connectivity index is 1.31. The Morgan fingerprint density at radius 3 is 2.68 bits per heavy atom. The largest absolute Gasteiger partial charge is 0.345 e. The maximum absolute atomic E-state index is 14.7. The molecule has 4 aliphatic rings. The van der Waals surface area contributed by atoms with E-state index in [0.29, 0.717) is 23.8 Å². The van der Waals surface area contributed by atoms with Crippen LogP contribution in [-0.2, 0) is 23.2 Å². The number of carbonyl (C=O) groups is 1. The van der Waals surface area contributed by atoms with Crippen molar-refractivity contribution >= 4 is 5.91 Å². The first-order valence-electron chi connectivity index (χ1n) is 15.1. The average molecular weight is 501 g/mol. The molecule has 4 nitrogen and oxygen atoms in total. The van der Waals surface area contributed by atoms with Gasteiger partial charge in [-0.1, -0.05) is 67.8 Å². The van der Waals surface area contributed by atoms with Crippen molar-refractivity contribution in [3.8, 4) is 0 Å². The van der Waals surface area contributed by atoms with Crippen LogP contribution in [0.25, 0.3) is 0 Å². The van der Waals surface area contributed by atoms with Crippen LogP contribution in [0.4, 0.5) is 0 Å². The molecule has 37 heavy (non-hydrogen) atoms. The summed E-state index contributed by atoms with van der Waals surface area (Å²) in [6, 6.07) is 18.4. The van der Waals surface area contributed by atoms with E-state index in [-0.39, 0.29) is 11.3 Å². The lowest BCUT2D eigenvalue weighted by Gasteiger charge is -2.47. The van der Waals surface area contributed by atoms with E-state index in [1.165, 1.54) is 60.8 Å². The SMILES string of the molecule is CNCc1cccc2c1CCC[C@]21C[NH2+]C[C@H]1C(=O)N1CC[C@@H](c2ccccc2)C[C@H]1C1CCCCC1. The lowest BCUT2D eigenvalue weighted by molar-refractivity contribution is -0.640. The van der Waals surface area contributed by atoms with E-state index in [1.807, 2.05) is 7.05 Å². The van der Waals surface area contributed by atoms with E-state index in [0.717, 1.165) is 51.9 Å². The quantitative estimate of drug-likeness (QED) is 0.634. The van der Waals surface area contributed by atoms with Crippen molar-refractivity contribution in [2.24, 2.45) is 11.8 Å². The van der Waals surface area contributed by atoms with Crippen molar-refractivity contribution in [2.45, 2.75) is 88.1 Å². The molecule has 2 aromatic carbocycles. The smallest absolute Gasteiger partial charge is 0.232 e. The molecule has 3 N–H and O–H groups in total. The minimum atomic E-state index is 0.00180. The van der Waals surface area contributed by atoms with Gasteiger partial charge >= 0.3 is 0 Å². The summed E-state index contributed by atoms with van der Waals surface area (Å²) in [6.45, 7) is 3.86. The number of rotatable bonds is 5. The summed E-state index contributed by atoms with van der Waals surface area (Å²) in [5.74, 6) is 1.84. The van der Waals surface area contributed by atoms with Gasteiger partial charge in [-0.3, -0.25) is 4.79 Å². The second kappa shape index (κ2) is 10.9. The third kappa shape index (κ3) is 4.65. The summed E-state index contributed by atoms with van der Waals surface area (Å²) >= 11 is 0. The topological polar surface area (TPSA) is 49.0 Å². The summed E-state index contributed by atoms with van der Waals surface area (Å²) < 4.78 is 0. The molecule has 1 spiro atoms. The van der Waals surface area contributed by atoms with Crippen molar-refractivity contribution in [1.82, 2.24) is 10.2 Å². The highest BCUT2D eigenvalue weighted by atomic mass is 16.2. The Bertz CT molecular complexity index is 1080. The predicted octanol–water partition coefficient (Wildman–Crippen LogP) is 4.53. The van der Waals surface area contributed by atoms with Crippen molar-refractivity contribution in [3.05, 3.63) is 70.8 Å². The molecule has 4 heteroatoms. The third-order valence-electron chi connectivity index (χ3n) is 10.5. The van der Waals surface area contributed by atoms with Gasteiger partial charge in [-0.15, -0.1) is 0 Å². The van der Waals surface area contributed by atoms with Crippen molar-refractivity contribution in [1.29, 1.82) is 0 Å². The Morgan fingerprint density at radius 2 is 1.86 bits per heavy atom. The first-order chi connectivity index (χ1) is 18.2. The number of nitrogens with two attached hydrogens (primary N) is 1. The summed E-state index contributed by atoms with van der Waals surface area (Å²) in [7, 11) is 2.04. The van der Waals surface area contributed by atoms with Gasteiger partial charge in [0.25, 0.3) is 0 Å². The minimum absolute atomic E-state index is 0.00180. The molecule has 2 aromatic rings. The number of fused-ring (bicyclic) bond motifs is 2. The summed E-state index contributed by atoms with van der Waals surface area (Å²) in [5, 5.41) is 5.83. The fourth-order valence-electron chi connectivity index (χ4n) is 8.72. The van der Waals surface area contributed by atoms with E-state index in [2.05, 4.69) is 64.1 Å². The molecule has 198 valence electrons. The number of quaternary nitrogens is 1. The molecule has 6 rings (SSSR count). The standard InChI is InChI=1S/C33H45N3O/c1-34-21-27-14-8-16-29-28(27)15-9-18-33(29)23-35-22-30(33)32(37)36-19-17-26(24-10-4-2-5-11-24)20-31(36)25-12-6-3-7-13-25/h2,4-5,8,10-11,14,16,25-26,30-31,34-35H,3,6-7,9,12-13,15,17-23H2,1H3/p+1/t26-,30+,31+,33+/m1/s1. The molecule has 0 unspecified atom stereocenters. The molecule has 4 atom stereocenters. The van der Waals surface area contributed by atoms with Crippen LogP contribution in [0.5, 0.6) is 0 Å². The normalized spacial score (nSPS) is 30.4. The zero-order chi connectivity index (χ0) is 25.2. The number of hydrogen-bond acceptors (Lipinski definition) is 2. The molecule has 0 bridgehead atoms. The summed E-state index contributed by atoms with van der Waals surface area (Å²) in [4.78, 5) is 17.1. The molecule has 3 fully saturated rings. The molecule has 2 aliphatic heterocycles. The Kier molecular flexibility index (Phi) is 7.40. The zero-order valence-electron chi connectivity index (χ0n) is 22.8. The Hall–Kier alpha value is -2.17. The van der Waals surface area contributed by atoms with Crippen LogP contribution in [0.3, 0.4) is 0 Å². The number of piperidine rings is 1. The Morgan fingerprint density at radius 1 is 1.03 bits per heavy atom. The molecule has 2 saturated heterocycles. The van der Waals surface area contributed by atoms with Gasteiger partial charge in [0, 0.05) is 19.1 Å². The fraction of sp³-hybridized carbons (Fsp3) is 0.606. The molecule has 0 aromatic heterocycles. The van der Waals surface area contributed by atoms with Crippen molar-refractivity contribution in [3.63, 3.8) is 0 Å². The molecular weight excluding hydrogens is 454 g/mol. The van der Waals surface area contributed by atoms with Gasteiger partial charge in [0.1, 0.15) is 5.92 Å². The van der Waals surface area contributed by atoms with Crippen LogP contribution in [0.1, 0.15) is 86.0 Å². The number of likely N-dealkylation sites (tertiary alicyclic amines) is 1. The highest BCUT2D eigenvalue weighted by molar-refractivity contribution is 5.82. The van der Waals surface area contributed by atoms with E-state index >= 15 is 0 Å². The second-order valence-corrected chi connectivity index (χ2v) is 12.4. The molecule has 2 heterocycles. The van der Waals surface area contributed by atoms with Crippen LogP contribution >= 0.6 is 0 Å². The third-order valence-corrected chi connectivity index (χ3v) is 10.5. The van der Waals surface area contributed by atoms with Gasteiger partial charge in [-0.2, -0.15) is 0 Å². The number of benzene rings is 2. The van der Waals surface area contributed by atoms with Crippen LogP contribution in [0.15, 0.2) is 48.5 Å². The van der Waals surface area contributed by atoms with Gasteiger partial charge in [0.15, 0.2) is 0 Å². The van der Waals surface area contributed by atoms with Crippen molar-refractivity contribution in [2.75, 3.05) is 26.7 Å². The minimum Gasteiger partial charge on any atom is -0.345 e. The van der Waals surface area contributed by atoms with Gasteiger partial charge in [-0.05, 0) is 86.1 Å². The van der Waals surface area contributed by atoms with Gasteiger partial charge in [0.2, 0.25) is 5.91 Å². The number of amides is 1. The highest BCUT2D eigenvalue weighted by Crippen LogP contribution is 2.47. The maximum atomic E-state index is 14.7. The van der Waals surface area contributed by atoms with Crippen molar-refractivity contribution < 1.29 is 10.1 Å². The first kappa shape index (κ1) is 25.1. The fourth-order valence-corrected chi connectivity index (χ4v) is 8.72. The molecule has 1 saturated carbocycles. The number of carbonyl (C=O) groups excluding carboxylic acids is 1. The van der Waals surface area contributed by atoms with E-state index in [1.54, 1.807) is 0 Å². The van der Waals surface area contributed by atoms with E-state index in [9.17, 15) is 4.79 Å². The monoisotopic (exact) mass is 500 g/mol. The van der Waals surface area contributed by atoms with E-state index in [4.69, 9.17) is 0 Å². The van der Waals surface area contributed by atoms with Gasteiger partial charge in [0.05, 0.1) is 18.5 Å². The zero-order valence-corrected chi connectivity index (χ0v) is 22.8. The van der Waals surface area contributed by atoms with Crippen LogP contribution in [0.2, 0.25) is 0 Å². The molecule has 2 aliphatic carbocycles. The number of nitrogens with one attached hydrogen (secondary N) is 1. The molecular formula is C33H46N3O+. The van der Waals surface area contributed by atoms with Gasteiger partial charge < -0.3 is 15.5 Å². The molecule has 1 amide bonds. The van der Waals surface area contributed by atoms with E-state index < -0.39 is 0 Å². The number of nitrogens with zero attached hydrogens (tertiary/aromatic N) is 1. The number of hydrogen-bond donors (Lipinski definition) is 2. The predicted molar refractivity (Wildman–Crippen MR) is 149 cm³/mol. The average Bonchev–Trinajstić information content (AvgIpc) is 3.38. The lowest BCUT2D eigenvalue weighted by Crippen LogP contribution is -2.82. The second-order valence-electron chi connectivity index (χ2n) is 12.4. The lowest BCUT2D eigenvalue weighted by atomic mass is 9.63. The first-order valence-corrected chi connectivity index (χ1v) is 15.1. The van der Waals surface area contributed by atoms with Crippen LogP contribution in [0, 0.1) is 11.8 Å². The highest BCUT2D eigenvalue weighted by Gasteiger charge is 2.55. The summed E-state index contributed by atoms with van der Waals surface area (Å²) in [5.41, 5.74) is 5.93. The van der Waals surface area contributed by atoms with Crippen LogP contribution in [-0.4, -0.2) is 43.5 Å². The van der Waals surface area contributed by atoms with Gasteiger partial charge in [-0.25, -0.2) is 0 Å². The van der Waals surface area contributed by atoms with Crippen LogP contribution < -0.4 is 10.6 Å². The Labute approximate surface area is 223 Å². The summed E-state index contributed by atoms with van der Waals surface area (Å²) in [6.07, 6.45) is 12.4.